The Morgan fingerprint density at radius 1 is 1.75 bits per heavy atom. The summed E-state index contributed by atoms with van der Waals surface area (Å²) >= 11 is 5.08. The smallest absolute Gasteiger partial charge is 0.282 e. The summed E-state index contributed by atoms with van der Waals surface area (Å²) < 4.78 is 27.7. The minimum absolute atomic E-state index is 0.0347. The van der Waals surface area contributed by atoms with Crippen LogP contribution in [0, 0.1) is 0 Å². The van der Waals surface area contributed by atoms with E-state index in [1.807, 2.05) is 0 Å². The van der Waals surface area contributed by atoms with Crippen LogP contribution in [-0.4, -0.2) is 13.0 Å². The molecule has 0 aromatic heterocycles. The zero-order valence-corrected chi connectivity index (χ0v) is 5.70. The summed E-state index contributed by atoms with van der Waals surface area (Å²) in [5, 5.41) is 0.599. The Kier molecular flexibility index (Phi) is 2.46. The van der Waals surface area contributed by atoms with Crippen LogP contribution < -0.4 is 0 Å². The maximum Gasteiger partial charge on any atom is 0.288 e. The van der Waals surface area contributed by atoms with Gasteiger partial charge in [0.2, 0.25) is 0 Å². The molecule has 1 N–H and O–H groups in total. The fourth-order valence-electron chi connectivity index (χ4n) is 0.205. The minimum Gasteiger partial charge on any atom is -0.282 e. The number of allylic oxidation sites excluding steroid dienone is 1. The van der Waals surface area contributed by atoms with Crippen molar-refractivity contribution in [3.05, 3.63) is 10.4 Å². The van der Waals surface area contributed by atoms with E-state index in [9.17, 15) is 8.42 Å². The maximum absolute atomic E-state index is 9.84. The summed E-state index contributed by atoms with van der Waals surface area (Å²) in [6.07, 6.45) is 0. The number of halogens is 1. The van der Waals surface area contributed by atoms with Gasteiger partial charge in [-0.1, -0.05) is 11.6 Å². The van der Waals surface area contributed by atoms with Crippen molar-refractivity contribution in [1.82, 2.24) is 0 Å². The van der Waals surface area contributed by atoms with Crippen molar-refractivity contribution < 1.29 is 13.0 Å². The van der Waals surface area contributed by atoms with Gasteiger partial charge in [0.1, 0.15) is 0 Å². The van der Waals surface area contributed by atoms with Gasteiger partial charge in [-0.05, 0) is 6.92 Å². The van der Waals surface area contributed by atoms with Crippen molar-refractivity contribution >= 4 is 21.7 Å². The number of hydrogen-bond acceptors (Lipinski definition) is 2. The van der Waals surface area contributed by atoms with E-state index in [1.165, 1.54) is 6.92 Å². The molecule has 0 rings (SSSR count). The minimum atomic E-state index is -4.02. The van der Waals surface area contributed by atoms with Gasteiger partial charge in [0.05, 0.1) is 5.41 Å². The fourth-order valence-corrected chi connectivity index (χ4v) is 0.953. The highest BCUT2D eigenvalue weighted by Crippen LogP contribution is 2.00. The first-order valence-corrected chi connectivity index (χ1v) is 3.61. The van der Waals surface area contributed by atoms with Crippen LogP contribution in [0.15, 0.2) is 10.4 Å². The molecular weight excluding hydrogens is 152 g/mol. The summed E-state index contributed by atoms with van der Waals surface area (Å²) in [5.41, 5.74) is 0. The standard InChI is InChI=1S/C3H5ClO3S/c1-3(4)2-8(5,6)7/h2H,1H3,(H,5,6,7). The summed E-state index contributed by atoms with van der Waals surface area (Å²) in [6, 6.07) is 0. The van der Waals surface area contributed by atoms with Gasteiger partial charge in [-0.3, -0.25) is 4.55 Å². The molecule has 0 fully saturated rings. The quantitative estimate of drug-likeness (QED) is 0.576. The van der Waals surface area contributed by atoms with E-state index in [4.69, 9.17) is 16.2 Å². The lowest BCUT2D eigenvalue weighted by Gasteiger charge is -1.82. The molecule has 8 heavy (non-hydrogen) atoms. The van der Waals surface area contributed by atoms with Gasteiger partial charge in [-0.25, -0.2) is 0 Å². The molecule has 0 aliphatic heterocycles. The lowest BCUT2D eigenvalue weighted by molar-refractivity contribution is 0.494. The largest absolute Gasteiger partial charge is 0.288 e. The third kappa shape index (κ3) is 5.94. The zero-order valence-electron chi connectivity index (χ0n) is 4.13. The molecule has 0 unspecified atom stereocenters. The second-order valence-electron chi connectivity index (χ2n) is 1.22. The fraction of sp³-hybridized carbons (Fsp3) is 0.333. The summed E-state index contributed by atoms with van der Waals surface area (Å²) in [6.45, 7) is 1.36. The first-order valence-electron chi connectivity index (χ1n) is 1.73. The van der Waals surface area contributed by atoms with E-state index < -0.39 is 10.1 Å². The molecular formula is C3H5ClO3S. The molecule has 5 heteroatoms. The SMILES string of the molecule is CC(Cl)=CS(=O)(=O)O. The predicted octanol–water partition coefficient (Wildman–Crippen LogP) is 0.974. The summed E-state index contributed by atoms with van der Waals surface area (Å²) in [7, 11) is -4.02. The zero-order chi connectivity index (χ0) is 6.78. The maximum atomic E-state index is 9.84. The van der Waals surface area contributed by atoms with Crippen LogP contribution in [-0.2, 0) is 10.1 Å². The van der Waals surface area contributed by atoms with Gasteiger partial charge < -0.3 is 0 Å². The van der Waals surface area contributed by atoms with Crippen LogP contribution in [0.2, 0.25) is 0 Å². The predicted molar refractivity (Wildman–Crippen MR) is 31.2 cm³/mol. The van der Waals surface area contributed by atoms with Crippen molar-refractivity contribution in [2.24, 2.45) is 0 Å². The topological polar surface area (TPSA) is 54.4 Å². The second kappa shape index (κ2) is 2.48. The van der Waals surface area contributed by atoms with Crippen LogP contribution in [0.25, 0.3) is 0 Å². The van der Waals surface area contributed by atoms with Crippen molar-refractivity contribution in [2.45, 2.75) is 6.92 Å². The van der Waals surface area contributed by atoms with Crippen LogP contribution in [0.5, 0.6) is 0 Å². The highest BCUT2D eigenvalue weighted by molar-refractivity contribution is 7.88. The molecule has 0 amide bonds. The highest BCUT2D eigenvalue weighted by atomic mass is 35.5. The van der Waals surface area contributed by atoms with Gasteiger partial charge in [-0.15, -0.1) is 0 Å². The van der Waals surface area contributed by atoms with Crippen LogP contribution in [0.3, 0.4) is 0 Å². The molecule has 3 nitrogen and oxygen atoms in total. The molecule has 0 aromatic rings. The Hall–Kier alpha value is -0.0600. The Morgan fingerprint density at radius 2 is 2.12 bits per heavy atom. The first-order chi connectivity index (χ1) is 3.42. The molecule has 0 saturated carbocycles. The average molecular weight is 157 g/mol. The van der Waals surface area contributed by atoms with Crippen LogP contribution in [0.4, 0.5) is 0 Å². The number of hydrogen-bond donors (Lipinski definition) is 1. The van der Waals surface area contributed by atoms with Gasteiger partial charge in [0.25, 0.3) is 10.1 Å². The Bertz CT molecular complexity index is 187. The van der Waals surface area contributed by atoms with E-state index in [0.29, 0.717) is 5.41 Å². The van der Waals surface area contributed by atoms with E-state index in [1.54, 1.807) is 0 Å². The molecule has 0 radical (unpaired) electrons. The molecule has 0 saturated heterocycles. The van der Waals surface area contributed by atoms with Crippen molar-refractivity contribution in [2.75, 3.05) is 0 Å². The Labute approximate surface area is 52.7 Å². The van der Waals surface area contributed by atoms with Gasteiger partial charge in [-0.2, -0.15) is 8.42 Å². The Morgan fingerprint density at radius 3 is 2.12 bits per heavy atom. The Balaban J connectivity index is 4.36. The second-order valence-corrected chi connectivity index (χ2v) is 3.08. The van der Waals surface area contributed by atoms with E-state index in [-0.39, 0.29) is 5.03 Å². The summed E-state index contributed by atoms with van der Waals surface area (Å²) in [4.78, 5) is 0. The van der Waals surface area contributed by atoms with E-state index in [0.717, 1.165) is 0 Å². The van der Waals surface area contributed by atoms with Crippen molar-refractivity contribution in [3.63, 3.8) is 0 Å². The van der Waals surface area contributed by atoms with Gasteiger partial charge >= 0.3 is 0 Å². The third-order valence-corrected chi connectivity index (χ3v) is 1.20. The van der Waals surface area contributed by atoms with Crippen molar-refractivity contribution in [1.29, 1.82) is 0 Å². The molecule has 0 spiro atoms. The monoisotopic (exact) mass is 156 g/mol. The molecule has 0 heterocycles. The summed E-state index contributed by atoms with van der Waals surface area (Å²) in [5.74, 6) is 0. The lowest BCUT2D eigenvalue weighted by Crippen LogP contribution is -1.89. The number of rotatable bonds is 1. The molecule has 0 aromatic carbocycles. The molecule has 0 atom stereocenters. The van der Waals surface area contributed by atoms with Gasteiger partial charge in [0.15, 0.2) is 0 Å². The van der Waals surface area contributed by atoms with Gasteiger partial charge in [0, 0.05) is 5.03 Å². The van der Waals surface area contributed by atoms with Crippen LogP contribution >= 0.6 is 11.6 Å². The molecule has 0 aliphatic rings. The van der Waals surface area contributed by atoms with Crippen LogP contribution in [0.1, 0.15) is 6.92 Å². The van der Waals surface area contributed by atoms with E-state index >= 15 is 0 Å². The van der Waals surface area contributed by atoms with Crippen molar-refractivity contribution in [3.8, 4) is 0 Å². The molecule has 48 valence electrons. The molecule has 0 aliphatic carbocycles. The highest BCUT2D eigenvalue weighted by Gasteiger charge is 1.95. The molecule has 0 bridgehead atoms. The lowest BCUT2D eigenvalue weighted by atomic mass is 10.8. The third-order valence-electron chi connectivity index (χ3n) is 0.311. The average Bonchev–Trinajstić information content (AvgIpc) is 1.21. The normalized spacial score (nSPS) is 14.1. The first kappa shape index (κ1) is 7.94. The van der Waals surface area contributed by atoms with E-state index in [2.05, 4.69) is 0 Å².